The summed E-state index contributed by atoms with van der Waals surface area (Å²) in [5, 5.41) is 6.72. The summed E-state index contributed by atoms with van der Waals surface area (Å²) in [7, 11) is 1.64. The van der Waals surface area contributed by atoms with Gasteiger partial charge in [0.2, 0.25) is 11.9 Å². The van der Waals surface area contributed by atoms with Gasteiger partial charge in [0, 0.05) is 26.9 Å². The number of aliphatic imine (C=N–C) groups is 1. The summed E-state index contributed by atoms with van der Waals surface area (Å²) >= 11 is 0. The van der Waals surface area contributed by atoms with Crippen molar-refractivity contribution < 1.29 is 4.52 Å². The number of rotatable bonds is 3. The van der Waals surface area contributed by atoms with E-state index in [-0.39, 0.29) is 0 Å². The van der Waals surface area contributed by atoms with Crippen LogP contribution in [0.2, 0.25) is 0 Å². The van der Waals surface area contributed by atoms with Crippen LogP contribution in [0, 0.1) is 6.92 Å². The molecule has 0 saturated carbocycles. The minimum Gasteiger partial charge on any atom is -0.355 e. The van der Waals surface area contributed by atoms with E-state index in [2.05, 4.69) is 25.9 Å². The first-order valence-corrected chi connectivity index (χ1v) is 4.22. The molecule has 7 heteroatoms. The molecule has 0 aliphatic rings. The number of nitrogens with zero attached hydrogens (tertiary/aromatic N) is 3. The minimum atomic E-state index is 0.533. The number of nitrogens with one attached hydrogen (secondary N) is 2. The van der Waals surface area contributed by atoms with Crippen molar-refractivity contribution in [3.63, 3.8) is 0 Å². The predicted molar refractivity (Wildman–Crippen MR) is 51.4 cm³/mol. The summed E-state index contributed by atoms with van der Waals surface area (Å²) in [6.07, 6.45) is 0.665. The van der Waals surface area contributed by atoms with Crippen LogP contribution in [0.25, 0.3) is 0 Å². The summed E-state index contributed by atoms with van der Waals surface area (Å²) in [5.41, 5.74) is 2.42. The van der Waals surface area contributed by atoms with Gasteiger partial charge in [-0.25, -0.2) is 5.84 Å². The quantitative estimate of drug-likeness (QED) is 0.248. The number of aromatic nitrogens is 2. The van der Waals surface area contributed by atoms with Crippen LogP contribution >= 0.6 is 0 Å². The van der Waals surface area contributed by atoms with Crippen LogP contribution in [0.5, 0.6) is 0 Å². The summed E-state index contributed by atoms with van der Waals surface area (Å²) in [5.74, 6) is 6.95. The molecule has 7 nitrogen and oxygen atoms in total. The molecule has 0 amide bonds. The van der Waals surface area contributed by atoms with Crippen molar-refractivity contribution >= 4 is 5.96 Å². The number of nitrogens with two attached hydrogens (primary N) is 1. The van der Waals surface area contributed by atoms with Crippen LogP contribution in [-0.2, 0) is 6.42 Å². The fraction of sp³-hybridized carbons (Fsp3) is 0.571. The molecule has 0 fully saturated rings. The molecule has 4 N–H and O–H groups in total. The van der Waals surface area contributed by atoms with Crippen molar-refractivity contribution in [1.82, 2.24) is 20.9 Å². The lowest BCUT2D eigenvalue weighted by Gasteiger charge is -2.05. The number of hydrogen-bond acceptors (Lipinski definition) is 5. The molecule has 0 aromatic carbocycles. The molecule has 0 bridgehead atoms. The normalized spacial score (nSPS) is 11.5. The van der Waals surface area contributed by atoms with Gasteiger partial charge in [-0.15, -0.1) is 0 Å². The van der Waals surface area contributed by atoms with Gasteiger partial charge in [-0.1, -0.05) is 5.16 Å². The second kappa shape index (κ2) is 5.18. The molecule has 0 atom stereocenters. The molecule has 0 saturated heterocycles. The summed E-state index contributed by atoms with van der Waals surface area (Å²) in [6.45, 7) is 2.40. The van der Waals surface area contributed by atoms with E-state index in [1.54, 1.807) is 14.0 Å². The SMILES string of the molecule is CN=C(NN)NCCc1noc(C)n1. The van der Waals surface area contributed by atoms with Crippen LogP contribution in [0.15, 0.2) is 9.52 Å². The highest BCUT2D eigenvalue weighted by Crippen LogP contribution is 1.94. The lowest BCUT2D eigenvalue weighted by molar-refractivity contribution is 0.387. The monoisotopic (exact) mass is 198 g/mol. The van der Waals surface area contributed by atoms with Crippen molar-refractivity contribution in [3.8, 4) is 0 Å². The molecular weight excluding hydrogens is 184 g/mol. The van der Waals surface area contributed by atoms with Crippen LogP contribution in [0.1, 0.15) is 11.7 Å². The Morgan fingerprint density at radius 2 is 2.43 bits per heavy atom. The first kappa shape index (κ1) is 10.5. The average Bonchev–Trinajstić information content (AvgIpc) is 2.59. The highest BCUT2D eigenvalue weighted by atomic mass is 16.5. The fourth-order valence-corrected chi connectivity index (χ4v) is 0.930. The molecule has 0 unspecified atom stereocenters. The molecule has 0 aliphatic carbocycles. The lowest BCUT2D eigenvalue weighted by Crippen LogP contribution is -2.42. The van der Waals surface area contributed by atoms with Gasteiger partial charge in [-0.3, -0.25) is 10.4 Å². The standard InChI is InChI=1S/C7H14N6O/c1-5-11-6(13-14-5)3-4-10-7(9-2)12-8/h3-4,8H2,1-2H3,(H2,9,10,12). The van der Waals surface area contributed by atoms with E-state index in [0.717, 1.165) is 0 Å². The van der Waals surface area contributed by atoms with Crippen LogP contribution in [0.4, 0.5) is 0 Å². The van der Waals surface area contributed by atoms with Crippen LogP contribution in [0.3, 0.4) is 0 Å². The maximum Gasteiger partial charge on any atom is 0.223 e. The maximum absolute atomic E-state index is 5.17. The van der Waals surface area contributed by atoms with E-state index < -0.39 is 0 Å². The van der Waals surface area contributed by atoms with E-state index in [0.29, 0.717) is 30.6 Å². The Morgan fingerprint density at radius 3 is 2.93 bits per heavy atom. The zero-order chi connectivity index (χ0) is 10.4. The number of hydrogen-bond donors (Lipinski definition) is 3. The fourth-order valence-electron chi connectivity index (χ4n) is 0.930. The molecule has 14 heavy (non-hydrogen) atoms. The van der Waals surface area contributed by atoms with E-state index in [9.17, 15) is 0 Å². The average molecular weight is 198 g/mol. The Bertz CT molecular complexity index is 307. The van der Waals surface area contributed by atoms with E-state index in [1.807, 2.05) is 0 Å². The zero-order valence-corrected chi connectivity index (χ0v) is 8.24. The molecule has 0 radical (unpaired) electrons. The molecule has 1 rings (SSSR count). The first-order valence-electron chi connectivity index (χ1n) is 4.22. The Morgan fingerprint density at radius 1 is 1.64 bits per heavy atom. The highest BCUT2D eigenvalue weighted by molar-refractivity contribution is 5.78. The predicted octanol–water partition coefficient (Wildman–Crippen LogP) is -1.04. The number of guanidine groups is 1. The molecule has 78 valence electrons. The summed E-state index contributed by atoms with van der Waals surface area (Å²) in [4.78, 5) is 7.90. The van der Waals surface area contributed by atoms with Gasteiger partial charge < -0.3 is 9.84 Å². The van der Waals surface area contributed by atoms with Crippen molar-refractivity contribution in [2.45, 2.75) is 13.3 Å². The van der Waals surface area contributed by atoms with Crippen molar-refractivity contribution in [1.29, 1.82) is 0 Å². The maximum atomic E-state index is 5.17. The Labute approximate surface area is 81.7 Å². The third-order valence-electron chi connectivity index (χ3n) is 1.57. The van der Waals surface area contributed by atoms with E-state index in [1.165, 1.54) is 0 Å². The van der Waals surface area contributed by atoms with Gasteiger partial charge in [0.15, 0.2) is 5.82 Å². The Kier molecular flexibility index (Phi) is 3.86. The topological polar surface area (TPSA) is 101 Å². The Balaban J connectivity index is 2.28. The van der Waals surface area contributed by atoms with Gasteiger partial charge in [0.05, 0.1) is 0 Å². The highest BCUT2D eigenvalue weighted by Gasteiger charge is 2.01. The lowest BCUT2D eigenvalue weighted by atomic mass is 10.4. The zero-order valence-electron chi connectivity index (χ0n) is 8.24. The van der Waals surface area contributed by atoms with Crippen molar-refractivity contribution in [2.75, 3.05) is 13.6 Å². The number of aryl methyl sites for hydroxylation is 1. The molecule has 1 aromatic rings. The molecule has 0 aliphatic heterocycles. The largest absolute Gasteiger partial charge is 0.355 e. The van der Waals surface area contributed by atoms with Gasteiger partial charge >= 0.3 is 0 Å². The third-order valence-corrected chi connectivity index (χ3v) is 1.57. The molecule has 1 heterocycles. The van der Waals surface area contributed by atoms with Crippen molar-refractivity contribution in [2.24, 2.45) is 10.8 Å². The molecular formula is C7H14N6O. The number of hydrazine groups is 1. The summed E-state index contributed by atoms with van der Waals surface area (Å²) in [6, 6.07) is 0. The van der Waals surface area contributed by atoms with Crippen LogP contribution in [-0.4, -0.2) is 29.7 Å². The van der Waals surface area contributed by atoms with Gasteiger partial charge in [-0.05, 0) is 0 Å². The molecule has 1 aromatic heterocycles. The smallest absolute Gasteiger partial charge is 0.223 e. The minimum absolute atomic E-state index is 0.533. The molecule has 0 spiro atoms. The van der Waals surface area contributed by atoms with Crippen molar-refractivity contribution in [3.05, 3.63) is 11.7 Å². The second-order valence-corrected chi connectivity index (χ2v) is 2.62. The van der Waals surface area contributed by atoms with Gasteiger partial charge in [-0.2, -0.15) is 4.98 Å². The van der Waals surface area contributed by atoms with Crippen LogP contribution < -0.4 is 16.6 Å². The Hall–Kier alpha value is -1.63. The van der Waals surface area contributed by atoms with E-state index >= 15 is 0 Å². The first-order chi connectivity index (χ1) is 6.76. The summed E-state index contributed by atoms with van der Waals surface area (Å²) < 4.78 is 4.82. The third kappa shape index (κ3) is 3.02. The van der Waals surface area contributed by atoms with E-state index in [4.69, 9.17) is 10.4 Å². The van der Waals surface area contributed by atoms with Gasteiger partial charge in [0.1, 0.15) is 0 Å². The van der Waals surface area contributed by atoms with Gasteiger partial charge in [0.25, 0.3) is 0 Å². The second-order valence-electron chi connectivity index (χ2n) is 2.62.